The summed E-state index contributed by atoms with van der Waals surface area (Å²) in [5.41, 5.74) is 0.483. The van der Waals surface area contributed by atoms with E-state index in [1.807, 2.05) is 0 Å². The summed E-state index contributed by atoms with van der Waals surface area (Å²) in [6, 6.07) is 3.45. The fraction of sp³-hybridized carbons (Fsp3) is 0.400. The van der Waals surface area contributed by atoms with Crippen LogP contribution >= 0.6 is 15.9 Å². The van der Waals surface area contributed by atoms with E-state index in [1.165, 1.54) is 6.26 Å². The third-order valence-electron chi connectivity index (χ3n) is 2.51. The third-order valence-corrected chi connectivity index (χ3v) is 3.13. The zero-order chi connectivity index (χ0) is 10.8. The largest absolute Gasteiger partial charge is 0.457 e. The number of furan rings is 1. The van der Waals surface area contributed by atoms with Crippen LogP contribution in [0.3, 0.4) is 0 Å². The number of hydrogen-bond acceptors (Lipinski definition) is 3. The molecule has 78 valence electrons. The molecule has 0 aromatic carbocycles. The van der Waals surface area contributed by atoms with Gasteiger partial charge in [0, 0.05) is 6.54 Å². The number of carbonyl (C=O) groups excluding carboxylic acids is 1. The van der Waals surface area contributed by atoms with Gasteiger partial charge in [0.15, 0.2) is 4.67 Å². The lowest BCUT2D eigenvalue weighted by Crippen LogP contribution is -2.34. The number of nitrogens with zero attached hydrogens (tertiary/aromatic N) is 2. The molecule has 1 fully saturated rings. The van der Waals surface area contributed by atoms with Gasteiger partial charge < -0.3 is 9.32 Å². The lowest BCUT2D eigenvalue weighted by Gasteiger charge is -2.18. The molecule has 2 heterocycles. The molecule has 2 rings (SSSR count). The standard InChI is InChI=1S/C10H9BrN2O2/c11-9-8(3-5-15-9)10(14)13-4-1-2-7(13)6-12/h3,5,7H,1-2,4H2. The van der Waals surface area contributed by atoms with E-state index in [-0.39, 0.29) is 11.9 Å². The van der Waals surface area contributed by atoms with E-state index in [0.717, 1.165) is 12.8 Å². The van der Waals surface area contributed by atoms with Gasteiger partial charge in [-0.3, -0.25) is 4.79 Å². The van der Waals surface area contributed by atoms with Crippen molar-refractivity contribution in [3.8, 4) is 6.07 Å². The highest BCUT2D eigenvalue weighted by molar-refractivity contribution is 9.10. The molecule has 0 aliphatic carbocycles. The van der Waals surface area contributed by atoms with Crippen molar-refractivity contribution >= 4 is 21.8 Å². The fourth-order valence-electron chi connectivity index (χ4n) is 1.74. The molecule has 1 saturated heterocycles. The smallest absolute Gasteiger partial charge is 0.259 e. The van der Waals surface area contributed by atoms with Crippen LogP contribution in [0.1, 0.15) is 23.2 Å². The molecule has 0 radical (unpaired) electrons. The zero-order valence-electron chi connectivity index (χ0n) is 7.94. The molecule has 1 unspecified atom stereocenters. The predicted molar refractivity (Wildman–Crippen MR) is 56.1 cm³/mol. The Morgan fingerprint density at radius 1 is 1.73 bits per heavy atom. The highest BCUT2D eigenvalue weighted by atomic mass is 79.9. The summed E-state index contributed by atoms with van der Waals surface area (Å²) in [5, 5.41) is 8.87. The van der Waals surface area contributed by atoms with Crippen LogP contribution < -0.4 is 0 Å². The van der Waals surface area contributed by atoms with Crippen LogP contribution in [0.2, 0.25) is 0 Å². The third kappa shape index (κ3) is 1.77. The van der Waals surface area contributed by atoms with Gasteiger partial charge in [0.05, 0.1) is 17.9 Å². The average molecular weight is 269 g/mol. The monoisotopic (exact) mass is 268 g/mol. The molecule has 5 heteroatoms. The number of carbonyl (C=O) groups is 1. The first-order chi connectivity index (χ1) is 7.24. The highest BCUT2D eigenvalue weighted by Crippen LogP contribution is 2.24. The number of halogens is 1. The summed E-state index contributed by atoms with van der Waals surface area (Å²) in [6.45, 7) is 0.648. The first-order valence-electron chi connectivity index (χ1n) is 4.67. The van der Waals surface area contributed by atoms with E-state index < -0.39 is 0 Å². The van der Waals surface area contributed by atoms with E-state index in [2.05, 4.69) is 22.0 Å². The highest BCUT2D eigenvalue weighted by Gasteiger charge is 2.30. The van der Waals surface area contributed by atoms with Crippen LogP contribution in [-0.4, -0.2) is 23.4 Å². The molecular weight excluding hydrogens is 260 g/mol. The lowest BCUT2D eigenvalue weighted by molar-refractivity contribution is 0.0763. The lowest BCUT2D eigenvalue weighted by atomic mass is 10.2. The van der Waals surface area contributed by atoms with Crippen molar-refractivity contribution in [3.05, 3.63) is 22.6 Å². The Bertz CT molecular complexity index is 421. The van der Waals surface area contributed by atoms with E-state index in [0.29, 0.717) is 16.8 Å². The SMILES string of the molecule is N#CC1CCCN1C(=O)c1ccoc1Br. The van der Waals surface area contributed by atoms with E-state index >= 15 is 0 Å². The molecule has 0 spiro atoms. The van der Waals surface area contributed by atoms with Crippen LogP contribution in [0.5, 0.6) is 0 Å². The van der Waals surface area contributed by atoms with Crippen molar-refractivity contribution in [2.75, 3.05) is 6.54 Å². The quantitative estimate of drug-likeness (QED) is 0.785. The average Bonchev–Trinajstić information content (AvgIpc) is 2.84. The van der Waals surface area contributed by atoms with Crippen LogP contribution in [0.4, 0.5) is 0 Å². The summed E-state index contributed by atoms with van der Waals surface area (Å²) < 4.78 is 5.43. The van der Waals surface area contributed by atoms with Crippen molar-refractivity contribution in [2.24, 2.45) is 0 Å². The molecular formula is C10H9BrN2O2. The Kier molecular flexibility index (Phi) is 2.78. The molecule has 15 heavy (non-hydrogen) atoms. The normalized spacial score (nSPS) is 20.3. The molecule has 1 aliphatic rings. The van der Waals surface area contributed by atoms with Crippen molar-refractivity contribution in [2.45, 2.75) is 18.9 Å². The summed E-state index contributed by atoms with van der Waals surface area (Å²) >= 11 is 3.16. The van der Waals surface area contributed by atoms with E-state index in [1.54, 1.807) is 11.0 Å². The Labute approximate surface area is 95.6 Å². The molecule has 1 amide bonds. The fourth-order valence-corrected chi connectivity index (χ4v) is 2.15. The van der Waals surface area contributed by atoms with E-state index in [9.17, 15) is 4.79 Å². The van der Waals surface area contributed by atoms with Gasteiger partial charge in [0.2, 0.25) is 0 Å². The summed E-state index contributed by atoms with van der Waals surface area (Å²) in [7, 11) is 0. The molecule has 0 N–H and O–H groups in total. The van der Waals surface area contributed by atoms with Gasteiger partial charge in [-0.05, 0) is 34.8 Å². The number of likely N-dealkylation sites (tertiary alicyclic amines) is 1. The van der Waals surface area contributed by atoms with Gasteiger partial charge in [-0.15, -0.1) is 0 Å². The first kappa shape index (κ1) is 10.2. The molecule has 1 aliphatic heterocycles. The molecule has 0 bridgehead atoms. The molecule has 1 atom stereocenters. The van der Waals surface area contributed by atoms with Gasteiger partial charge >= 0.3 is 0 Å². The van der Waals surface area contributed by atoms with Crippen LogP contribution in [0, 0.1) is 11.3 Å². The van der Waals surface area contributed by atoms with Gasteiger partial charge in [-0.1, -0.05) is 0 Å². The van der Waals surface area contributed by atoms with Crippen LogP contribution in [0.15, 0.2) is 21.4 Å². The number of nitriles is 1. The maximum absolute atomic E-state index is 12.0. The van der Waals surface area contributed by atoms with Crippen LogP contribution in [0.25, 0.3) is 0 Å². The molecule has 1 aromatic heterocycles. The second-order valence-corrected chi connectivity index (χ2v) is 4.11. The summed E-state index contributed by atoms with van der Waals surface area (Å²) in [4.78, 5) is 13.6. The molecule has 0 saturated carbocycles. The Balaban J connectivity index is 2.22. The first-order valence-corrected chi connectivity index (χ1v) is 5.47. The zero-order valence-corrected chi connectivity index (χ0v) is 9.53. The van der Waals surface area contributed by atoms with E-state index in [4.69, 9.17) is 9.68 Å². The minimum Gasteiger partial charge on any atom is -0.457 e. The van der Waals surface area contributed by atoms with Gasteiger partial charge in [0.25, 0.3) is 5.91 Å². The Morgan fingerprint density at radius 2 is 2.53 bits per heavy atom. The summed E-state index contributed by atoms with van der Waals surface area (Å²) in [5.74, 6) is -0.139. The second kappa shape index (κ2) is 4.07. The van der Waals surface area contributed by atoms with Gasteiger partial charge in [-0.25, -0.2) is 0 Å². The van der Waals surface area contributed by atoms with Gasteiger partial charge in [0.1, 0.15) is 6.04 Å². The minimum absolute atomic E-state index is 0.139. The minimum atomic E-state index is -0.292. The Hall–Kier alpha value is -1.28. The van der Waals surface area contributed by atoms with Crippen molar-refractivity contribution in [1.82, 2.24) is 4.90 Å². The predicted octanol–water partition coefficient (Wildman–Crippen LogP) is 2.17. The van der Waals surface area contributed by atoms with Gasteiger partial charge in [-0.2, -0.15) is 5.26 Å². The van der Waals surface area contributed by atoms with Crippen LogP contribution in [-0.2, 0) is 0 Å². The summed E-state index contributed by atoms with van der Waals surface area (Å²) in [6.07, 6.45) is 3.10. The molecule has 1 aromatic rings. The number of amides is 1. The number of hydrogen-bond donors (Lipinski definition) is 0. The van der Waals surface area contributed by atoms with Crippen molar-refractivity contribution in [1.29, 1.82) is 5.26 Å². The van der Waals surface area contributed by atoms with Crippen molar-refractivity contribution < 1.29 is 9.21 Å². The maximum Gasteiger partial charge on any atom is 0.259 e. The maximum atomic E-state index is 12.0. The second-order valence-electron chi connectivity index (χ2n) is 3.39. The molecule has 4 nitrogen and oxygen atoms in total. The topological polar surface area (TPSA) is 57.2 Å². The number of rotatable bonds is 1. The Morgan fingerprint density at radius 3 is 3.13 bits per heavy atom. The van der Waals surface area contributed by atoms with Crippen molar-refractivity contribution in [3.63, 3.8) is 0 Å².